The van der Waals surface area contributed by atoms with Gasteiger partial charge in [-0.1, -0.05) is 6.42 Å². The monoisotopic (exact) mass is 154 g/mol. The van der Waals surface area contributed by atoms with E-state index < -0.39 is 0 Å². The first-order valence-corrected chi connectivity index (χ1v) is 4.54. The fourth-order valence-corrected chi connectivity index (χ4v) is 1.49. The van der Waals surface area contributed by atoms with Crippen LogP contribution >= 0.6 is 0 Å². The van der Waals surface area contributed by atoms with Gasteiger partial charge in [0.25, 0.3) is 0 Å². The maximum Gasteiger partial charge on any atom is 0.0925 e. The minimum atomic E-state index is 0.722. The SMILES string of the molecule is CCN(CC1CCC1)C(C)=N. The second-order valence-corrected chi connectivity index (χ2v) is 3.42. The molecule has 0 atom stereocenters. The molecule has 1 rings (SSSR count). The van der Waals surface area contributed by atoms with Crippen molar-refractivity contribution >= 4 is 5.84 Å². The third kappa shape index (κ3) is 2.21. The number of rotatable bonds is 3. The Morgan fingerprint density at radius 2 is 2.18 bits per heavy atom. The molecule has 1 N–H and O–H groups in total. The lowest BCUT2D eigenvalue weighted by Crippen LogP contribution is -2.35. The van der Waals surface area contributed by atoms with E-state index in [0.29, 0.717) is 0 Å². The van der Waals surface area contributed by atoms with Gasteiger partial charge in [-0.3, -0.25) is 5.41 Å². The van der Waals surface area contributed by atoms with Gasteiger partial charge in [-0.2, -0.15) is 0 Å². The minimum absolute atomic E-state index is 0.722. The summed E-state index contributed by atoms with van der Waals surface area (Å²) in [6.45, 7) is 6.11. The summed E-state index contributed by atoms with van der Waals surface area (Å²) in [5, 5.41) is 7.47. The standard InChI is InChI=1S/C9H18N2/c1-3-11(8(2)10)7-9-5-4-6-9/h9-10H,3-7H2,1-2H3. The van der Waals surface area contributed by atoms with Crippen LogP contribution in [0.15, 0.2) is 0 Å². The van der Waals surface area contributed by atoms with E-state index in [1.807, 2.05) is 6.92 Å². The second-order valence-electron chi connectivity index (χ2n) is 3.42. The Balaban J connectivity index is 2.24. The molecular weight excluding hydrogens is 136 g/mol. The van der Waals surface area contributed by atoms with Crippen LogP contribution in [0.4, 0.5) is 0 Å². The summed E-state index contributed by atoms with van der Waals surface area (Å²) in [5.41, 5.74) is 0. The number of amidine groups is 1. The Labute approximate surface area is 69.1 Å². The quantitative estimate of drug-likeness (QED) is 0.489. The third-order valence-electron chi connectivity index (χ3n) is 2.56. The molecule has 0 spiro atoms. The summed E-state index contributed by atoms with van der Waals surface area (Å²) in [4.78, 5) is 2.16. The average Bonchev–Trinajstić information content (AvgIpc) is 1.85. The number of nitrogens with zero attached hydrogens (tertiary/aromatic N) is 1. The fourth-order valence-electron chi connectivity index (χ4n) is 1.49. The van der Waals surface area contributed by atoms with E-state index in [1.165, 1.54) is 19.3 Å². The van der Waals surface area contributed by atoms with Crippen molar-refractivity contribution < 1.29 is 0 Å². The van der Waals surface area contributed by atoms with Crippen LogP contribution in [0.2, 0.25) is 0 Å². The Morgan fingerprint density at radius 3 is 2.45 bits per heavy atom. The van der Waals surface area contributed by atoms with Gasteiger partial charge in [0.05, 0.1) is 5.84 Å². The van der Waals surface area contributed by atoms with Crippen molar-refractivity contribution in [2.45, 2.75) is 33.1 Å². The Morgan fingerprint density at radius 1 is 1.55 bits per heavy atom. The molecule has 0 radical (unpaired) electrons. The lowest BCUT2D eigenvalue weighted by Gasteiger charge is -2.32. The molecule has 1 aliphatic rings. The molecule has 0 aromatic carbocycles. The van der Waals surface area contributed by atoms with Gasteiger partial charge in [0.15, 0.2) is 0 Å². The van der Waals surface area contributed by atoms with Gasteiger partial charge < -0.3 is 4.90 Å². The molecule has 64 valence electrons. The van der Waals surface area contributed by atoms with Gasteiger partial charge in [-0.15, -0.1) is 0 Å². The zero-order valence-electron chi connectivity index (χ0n) is 7.56. The van der Waals surface area contributed by atoms with Crippen LogP contribution in [0, 0.1) is 11.3 Å². The van der Waals surface area contributed by atoms with Crippen molar-refractivity contribution in [1.82, 2.24) is 4.90 Å². The van der Waals surface area contributed by atoms with Crippen molar-refractivity contribution in [3.05, 3.63) is 0 Å². The molecule has 1 fully saturated rings. The van der Waals surface area contributed by atoms with Crippen LogP contribution in [0.3, 0.4) is 0 Å². The Hall–Kier alpha value is -0.530. The summed E-state index contributed by atoms with van der Waals surface area (Å²) in [5.74, 6) is 1.61. The zero-order chi connectivity index (χ0) is 8.27. The Kier molecular flexibility index (Phi) is 2.92. The van der Waals surface area contributed by atoms with Gasteiger partial charge in [0, 0.05) is 13.1 Å². The molecule has 0 saturated heterocycles. The lowest BCUT2D eigenvalue weighted by atomic mass is 9.85. The third-order valence-corrected chi connectivity index (χ3v) is 2.56. The van der Waals surface area contributed by atoms with E-state index >= 15 is 0 Å². The molecule has 0 heterocycles. The van der Waals surface area contributed by atoms with E-state index in [1.54, 1.807) is 0 Å². The van der Waals surface area contributed by atoms with Crippen LogP contribution in [0.25, 0.3) is 0 Å². The second kappa shape index (κ2) is 3.74. The summed E-state index contributed by atoms with van der Waals surface area (Å²) >= 11 is 0. The first-order chi connectivity index (χ1) is 5.24. The van der Waals surface area contributed by atoms with Gasteiger partial charge in [0.2, 0.25) is 0 Å². The molecule has 0 unspecified atom stereocenters. The van der Waals surface area contributed by atoms with Crippen LogP contribution in [0.1, 0.15) is 33.1 Å². The van der Waals surface area contributed by atoms with E-state index in [-0.39, 0.29) is 0 Å². The lowest BCUT2D eigenvalue weighted by molar-refractivity contribution is 0.243. The summed E-state index contributed by atoms with van der Waals surface area (Å²) in [6.07, 6.45) is 4.16. The van der Waals surface area contributed by atoms with Crippen LogP contribution in [-0.4, -0.2) is 23.8 Å². The maximum atomic E-state index is 7.47. The van der Waals surface area contributed by atoms with E-state index in [2.05, 4.69) is 11.8 Å². The highest BCUT2D eigenvalue weighted by Crippen LogP contribution is 2.26. The predicted octanol–water partition coefficient (Wildman–Crippen LogP) is 2.11. The molecule has 2 nitrogen and oxygen atoms in total. The molecule has 2 heteroatoms. The van der Waals surface area contributed by atoms with Crippen molar-refractivity contribution in [2.24, 2.45) is 5.92 Å². The largest absolute Gasteiger partial charge is 0.361 e. The molecule has 1 aliphatic carbocycles. The van der Waals surface area contributed by atoms with Gasteiger partial charge >= 0.3 is 0 Å². The molecule has 1 saturated carbocycles. The molecule has 0 aromatic rings. The van der Waals surface area contributed by atoms with Crippen molar-refractivity contribution in [3.63, 3.8) is 0 Å². The fraction of sp³-hybridized carbons (Fsp3) is 0.889. The highest BCUT2D eigenvalue weighted by molar-refractivity contribution is 5.76. The summed E-state index contributed by atoms with van der Waals surface area (Å²) in [7, 11) is 0. The zero-order valence-corrected chi connectivity index (χ0v) is 7.56. The highest BCUT2D eigenvalue weighted by Gasteiger charge is 2.19. The van der Waals surface area contributed by atoms with Crippen molar-refractivity contribution in [1.29, 1.82) is 5.41 Å². The smallest absolute Gasteiger partial charge is 0.0925 e. The van der Waals surface area contributed by atoms with Crippen LogP contribution in [0.5, 0.6) is 0 Å². The van der Waals surface area contributed by atoms with Crippen molar-refractivity contribution in [3.8, 4) is 0 Å². The highest BCUT2D eigenvalue weighted by atomic mass is 15.2. The van der Waals surface area contributed by atoms with Gasteiger partial charge in [-0.25, -0.2) is 0 Å². The van der Waals surface area contributed by atoms with E-state index in [0.717, 1.165) is 24.8 Å². The predicted molar refractivity (Wildman–Crippen MR) is 48.0 cm³/mol. The molecular formula is C9H18N2. The summed E-state index contributed by atoms with van der Waals surface area (Å²) in [6, 6.07) is 0. The van der Waals surface area contributed by atoms with Gasteiger partial charge in [-0.05, 0) is 32.6 Å². The number of nitrogens with one attached hydrogen (secondary N) is 1. The topological polar surface area (TPSA) is 27.1 Å². The molecule has 0 aromatic heterocycles. The average molecular weight is 154 g/mol. The normalized spacial score (nSPS) is 17.6. The van der Waals surface area contributed by atoms with Crippen LogP contribution in [-0.2, 0) is 0 Å². The first-order valence-electron chi connectivity index (χ1n) is 4.54. The number of hydrogen-bond acceptors (Lipinski definition) is 1. The number of hydrogen-bond donors (Lipinski definition) is 1. The maximum absolute atomic E-state index is 7.47. The van der Waals surface area contributed by atoms with E-state index in [4.69, 9.17) is 5.41 Å². The first kappa shape index (κ1) is 8.57. The van der Waals surface area contributed by atoms with Crippen LogP contribution < -0.4 is 0 Å². The molecule has 0 aliphatic heterocycles. The minimum Gasteiger partial charge on any atom is -0.361 e. The Bertz CT molecular complexity index is 138. The van der Waals surface area contributed by atoms with E-state index in [9.17, 15) is 0 Å². The summed E-state index contributed by atoms with van der Waals surface area (Å²) < 4.78 is 0. The molecule has 0 bridgehead atoms. The molecule has 0 amide bonds. The van der Waals surface area contributed by atoms with Gasteiger partial charge in [0.1, 0.15) is 0 Å². The van der Waals surface area contributed by atoms with Crippen molar-refractivity contribution in [2.75, 3.05) is 13.1 Å². The molecule has 11 heavy (non-hydrogen) atoms.